The Balaban J connectivity index is 3.42. The van der Waals surface area contributed by atoms with E-state index in [0.29, 0.717) is 0 Å². The van der Waals surface area contributed by atoms with Crippen molar-refractivity contribution >= 4 is 5.78 Å². The van der Waals surface area contributed by atoms with Crippen molar-refractivity contribution in [2.75, 3.05) is 14.2 Å². The molecular formula is C9H11NO4. The number of carbonyl (C=O) groups is 1. The Morgan fingerprint density at radius 2 is 2.07 bits per heavy atom. The third kappa shape index (κ3) is 1.61. The molecule has 1 rings (SSSR count). The first-order valence-corrected chi connectivity index (χ1v) is 3.92. The second-order valence-corrected chi connectivity index (χ2v) is 2.62. The van der Waals surface area contributed by atoms with E-state index in [1.165, 1.54) is 21.1 Å². The summed E-state index contributed by atoms with van der Waals surface area (Å²) in [6.07, 6.45) is 1.15. The Morgan fingerprint density at radius 1 is 1.43 bits per heavy atom. The lowest BCUT2D eigenvalue weighted by molar-refractivity contribution is 0.101. The summed E-state index contributed by atoms with van der Waals surface area (Å²) >= 11 is 0. The Hall–Kier alpha value is -1.78. The number of Topliss-reactive ketones (excluding diaryl/α,β-unsaturated/α-hetero) is 1. The molecule has 0 radical (unpaired) electrons. The highest BCUT2D eigenvalue weighted by Gasteiger charge is 2.19. The summed E-state index contributed by atoms with van der Waals surface area (Å²) in [6, 6.07) is 0. The summed E-state index contributed by atoms with van der Waals surface area (Å²) in [7, 11) is 2.79. The van der Waals surface area contributed by atoms with Crippen LogP contribution in [0.4, 0.5) is 0 Å². The summed E-state index contributed by atoms with van der Waals surface area (Å²) in [6.45, 7) is 1.33. The lowest BCUT2D eigenvalue weighted by Crippen LogP contribution is -2.02. The zero-order valence-corrected chi connectivity index (χ0v) is 8.20. The first-order valence-electron chi connectivity index (χ1n) is 3.92. The number of carbonyl (C=O) groups excluding carboxylic acids is 1. The third-order valence-corrected chi connectivity index (χ3v) is 1.73. The predicted molar refractivity (Wildman–Crippen MR) is 49.0 cm³/mol. The number of hydrogen-bond acceptors (Lipinski definition) is 5. The van der Waals surface area contributed by atoms with Crippen LogP contribution >= 0.6 is 0 Å². The monoisotopic (exact) mass is 197 g/mol. The molecule has 0 atom stereocenters. The SMILES string of the molecule is COc1ncc(O)c(C(C)=O)c1OC. The van der Waals surface area contributed by atoms with Crippen molar-refractivity contribution < 1.29 is 19.4 Å². The van der Waals surface area contributed by atoms with E-state index >= 15 is 0 Å². The molecule has 0 saturated carbocycles. The second-order valence-electron chi connectivity index (χ2n) is 2.62. The maximum absolute atomic E-state index is 11.2. The van der Waals surface area contributed by atoms with Crippen molar-refractivity contribution in [2.45, 2.75) is 6.92 Å². The van der Waals surface area contributed by atoms with Crippen molar-refractivity contribution in [1.82, 2.24) is 4.98 Å². The Bertz CT molecular complexity index is 362. The molecule has 1 aromatic heterocycles. The number of nitrogens with zero attached hydrogens (tertiary/aromatic N) is 1. The molecule has 76 valence electrons. The smallest absolute Gasteiger partial charge is 0.257 e. The van der Waals surface area contributed by atoms with Crippen LogP contribution in [0, 0.1) is 0 Å². The number of methoxy groups -OCH3 is 2. The largest absolute Gasteiger partial charge is 0.505 e. The first kappa shape index (κ1) is 10.3. The van der Waals surface area contributed by atoms with Crippen LogP contribution in [0.25, 0.3) is 0 Å². The molecule has 0 unspecified atom stereocenters. The van der Waals surface area contributed by atoms with Crippen molar-refractivity contribution in [3.8, 4) is 17.4 Å². The van der Waals surface area contributed by atoms with Gasteiger partial charge in [0, 0.05) is 0 Å². The molecule has 0 aliphatic rings. The minimum absolute atomic E-state index is 0.0827. The van der Waals surface area contributed by atoms with Crippen LogP contribution in [0.5, 0.6) is 17.4 Å². The van der Waals surface area contributed by atoms with Crippen LogP contribution in [0.2, 0.25) is 0 Å². The van der Waals surface area contributed by atoms with E-state index < -0.39 is 0 Å². The lowest BCUT2D eigenvalue weighted by atomic mass is 10.1. The normalized spacial score (nSPS) is 9.64. The number of rotatable bonds is 3. The van der Waals surface area contributed by atoms with Crippen LogP contribution in [0.3, 0.4) is 0 Å². The summed E-state index contributed by atoms with van der Waals surface area (Å²) < 4.78 is 9.82. The van der Waals surface area contributed by atoms with Gasteiger partial charge in [-0.2, -0.15) is 0 Å². The number of ketones is 1. The van der Waals surface area contributed by atoms with Crippen molar-refractivity contribution in [2.24, 2.45) is 0 Å². The topological polar surface area (TPSA) is 68.7 Å². The van der Waals surface area contributed by atoms with E-state index in [2.05, 4.69) is 4.98 Å². The predicted octanol–water partition coefficient (Wildman–Crippen LogP) is 1.01. The lowest BCUT2D eigenvalue weighted by Gasteiger charge is -2.10. The highest BCUT2D eigenvalue weighted by molar-refractivity contribution is 6.00. The molecule has 0 spiro atoms. The summed E-state index contributed by atoms with van der Waals surface area (Å²) in [5.74, 6) is -0.189. The highest BCUT2D eigenvalue weighted by atomic mass is 16.5. The number of aromatic hydroxyl groups is 1. The van der Waals surface area contributed by atoms with Gasteiger partial charge in [0.25, 0.3) is 5.88 Å². The van der Waals surface area contributed by atoms with Crippen molar-refractivity contribution in [3.63, 3.8) is 0 Å². The summed E-state index contributed by atoms with van der Waals surface area (Å²) in [5.41, 5.74) is 0.0827. The zero-order valence-electron chi connectivity index (χ0n) is 8.20. The first-order chi connectivity index (χ1) is 6.61. The average Bonchev–Trinajstić information content (AvgIpc) is 2.16. The molecule has 5 nitrogen and oxygen atoms in total. The van der Waals surface area contributed by atoms with Crippen LogP contribution in [0.1, 0.15) is 17.3 Å². The van der Waals surface area contributed by atoms with Crippen LogP contribution in [0.15, 0.2) is 6.20 Å². The van der Waals surface area contributed by atoms with Gasteiger partial charge in [0.2, 0.25) is 0 Å². The van der Waals surface area contributed by atoms with Crippen LogP contribution in [-0.2, 0) is 0 Å². The Labute approximate surface area is 81.3 Å². The third-order valence-electron chi connectivity index (χ3n) is 1.73. The molecule has 0 bridgehead atoms. The standard InChI is InChI=1S/C9H11NO4/c1-5(11)7-6(12)4-10-9(14-3)8(7)13-2/h4,12H,1-3H3. The average molecular weight is 197 g/mol. The van der Waals surface area contributed by atoms with E-state index in [9.17, 15) is 9.90 Å². The zero-order chi connectivity index (χ0) is 10.7. The minimum Gasteiger partial charge on any atom is -0.505 e. The van der Waals surface area contributed by atoms with Gasteiger partial charge in [-0.3, -0.25) is 4.79 Å². The summed E-state index contributed by atoms with van der Waals surface area (Å²) in [4.78, 5) is 15.0. The van der Waals surface area contributed by atoms with Crippen molar-refractivity contribution in [3.05, 3.63) is 11.8 Å². The van der Waals surface area contributed by atoms with E-state index in [1.54, 1.807) is 0 Å². The fraction of sp³-hybridized carbons (Fsp3) is 0.333. The van der Waals surface area contributed by atoms with E-state index in [0.717, 1.165) is 6.20 Å². The molecule has 0 amide bonds. The molecule has 1 heterocycles. The molecular weight excluding hydrogens is 186 g/mol. The highest BCUT2D eigenvalue weighted by Crippen LogP contribution is 2.34. The number of ether oxygens (including phenoxy) is 2. The second kappa shape index (κ2) is 3.95. The van der Waals surface area contributed by atoms with Gasteiger partial charge in [-0.05, 0) is 6.92 Å². The Kier molecular flexibility index (Phi) is 2.91. The van der Waals surface area contributed by atoms with Crippen LogP contribution < -0.4 is 9.47 Å². The van der Waals surface area contributed by atoms with Gasteiger partial charge in [0.1, 0.15) is 11.3 Å². The fourth-order valence-corrected chi connectivity index (χ4v) is 1.14. The molecule has 1 aromatic rings. The molecule has 0 aromatic carbocycles. The van der Waals surface area contributed by atoms with Crippen molar-refractivity contribution in [1.29, 1.82) is 0 Å². The van der Waals surface area contributed by atoms with Gasteiger partial charge >= 0.3 is 0 Å². The Morgan fingerprint density at radius 3 is 2.50 bits per heavy atom. The minimum atomic E-state index is -0.306. The molecule has 14 heavy (non-hydrogen) atoms. The molecule has 1 N–H and O–H groups in total. The molecule has 0 saturated heterocycles. The van der Waals surface area contributed by atoms with Crippen LogP contribution in [-0.4, -0.2) is 30.1 Å². The molecule has 0 fully saturated rings. The van der Waals surface area contributed by atoms with Gasteiger partial charge in [-0.15, -0.1) is 0 Å². The van der Waals surface area contributed by atoms with E-state index in [1.807, 2.05) is 0 Å². The number of hydrogen-bond donors (Lipinski definition) is 1. The van der Waals surface area contributed by atoms with Gasteiger partial charge in [0.15, 0.2) is 11.5 Å². The molecule has 0 aliphatic heterocycles. The maximum Gasteiger partial charge on any atom is 0.257 e. The van der Waals surface area contributed by atoms with E-state index in [-0.39, 0.29) is 28.7 Å². The van der Waals surface area contributed by atoms with Gasteiger partial charge in [-0.1, -0.05) is 0 Å². The van der Waals surface area contributed by atoms with Gasteiger partial charge < -0.3 is 14.6 Å². The number of aromatic nitrogens is 1. The maximum atomic E-state index is 11.2. The molecule has 0 aliphatic carbocycles. The van der Waals surface area contributed by atoms with Gasteiger partial charge in [-0.25, -0.2) is 4.98 Å². The van der Waals surface area contributed by atoms with E-state index in [4.69, 9.17) is 9.47 Å². The number of pyridine rings is 1. The quantitative estimate of drug-likeness (QED) is 0.732. The molecule has 5 heteroatoms. The van der Waals surface area contributed by atoms with Gasteiger partial charge in [0.05, 0.1) is 20.4 Å². The fourth-order valence-electron chi connectivity index (χ4n) is 1.14. The summed E-state index contributed by atoms with van der Waals surface area (Å²) in [5, 5.41) is 9.39.